The van der Waals surface area contributed by atoms with Crippen LogP contribution in [0, 0.1) is 6.92 Å². The van der Waals surface area contributed by atoms with Crippen LogP contribution in [-0.2, 0) is 16.0 Å². The molecule has 0 bridgehead atoms. The van der Waals surface area contributed by atoms with Crippen molar-refractivity contribution in [3.63, 3.8) is 0 Å². The third kappa shape index (κ3) is 5.28. The van der Waals surface area contributed by atoms with Crippen LogP contribution < -0.4 is 10.9 Å². The quantitative estimate of drug-likeness (QED) is 0.560. The van der Waals surface area contributed by atoms with E-state index in [9.17, 15) is 4.79 Å². The molecular formula is C20H27N3O3S. The highest BCUT2D eigenvalue weighted by Gasteiger charge is 2.22. The molecule has 6 nitrogen and oxygen atoms in total. The number of ether oxygens (including phenoxy) is 2. The summed E-state index contributed by atoms with van der Waals surface area (Å²) in [5.74, 6) is 0. The van der Waals surface area contributed by atoms with E-state index in [4.69, 9.17) is 21.7 Å². The van der Waals surface area contributed by atoms with Crippen molar-refractivity contribution in [1.29, 1.82) is 0 Å². The monoisotopic (exact) mass is 389 g/mol. The van der Waals surface area contributed by atoms with Gasteiger partial charge in [-0.3, -0.25) is 4.79 Å². The smallest absolute Gasteiger partial charge is 0.253 e. The summed E-state index contributed by atoms with van der Waals surface area (Å²) in [6.45, 7) is 5.12. The van der Waals surface area contributed by atoms with Gasteiger partial charge in [-0.25, -0.2) is 0 Å². The van der Waals surface area contributed by atoms with Crippen molar-refractivity contribution < 1.29 is 9.47 Å². The Morgan fingerprint density at radius 3 is 3.04 bits per heavy atom. The number of methoxy groups -OCH3 is 1. The van der Waals surface area contributed by atoms with Gasteiger partial charge in [0.1, 0.15) is 0 Å². The number of H-pyrrole nitrogens is 1. The first kappa shape index (κ1) is 19.8. The van der Waals surface area contributed by atoms with Crippen LogP contribution in [0.15, 0.2) is 29.1 Å². The van der Waals surface area contributed by atoms with Gasteiger partial charge in [-0.05, 0) is 55.1 Å². The van der Waals surface area contributed by atoms with Gasteiger partial charge in [-0.1, -0.05) is 12.1 Å². The number of rotatable bonds is 7. The second-order valence-electron chi connectivity index (χ2n) is 6.95. The van der Waals surface area contributed by atoms with E-state index >= 15 is 0 Å². The largest absolute Gasteiger partial charge is 0.383 e. The molecule has 2 N–H and O–H groups in total. The molecule has 1 aromatic carbocycles. The van der Waals surface area contributed by atoms with E-state index in [2.05, 4.69) is 10.3 Å². The van der Waals surface area contributed by atoms with Gasteiger partial charge in [0.2, 0.25) is 0 Å². The SMILES string of the molecule is COCCNC(=S)N(Cc1cc2ccc(C)cc2[nH]c1=O)CC1CCCO1. The lowest BCUT2D eigenvalue weighted by atomic mass is 10.1. The Kier molecular flexibility index (Phi) is 6.82. The summed E-state index contributed by atoms with van der Waals surface area (Å²) in [5.41, 5.74) is 2.59. The van der Waals surface area contributed by atoms with Crippen LogP contribution in [-0.4, -0.2) is 54.5 Å². The summed E-state index contributed by atoms with van der Waals surface area (Å²) >= 11 is 5.57. The molecule has 0 radical (unpaired) electrons. The molecule has 1 aliphatic heterocycles. The number of fused-ring (bicyclic) bond motifs is 1. The Morgan fingerprint density at radius 2 is 2.30 bits per heavy atom. The second-order valence-corrected chi connectivity index (χ2v) is 7.34. The van der Waals surface area contributed by atoms with Crippen LogP contribution in [0.1, 0.15) is 24.0 Å². The summed E-state index contributed by atoms with van der Waals surface area (Å²) < 4.78 is 10.9. The normalized spacial score (nSPS) is 16.6. The first-order valence-electron chi connectivity index (χ1n) is 9.32. The van der Waals surface area contributed by atoms with Crippen molar-refractivity contribution in [3.05, 3.63) is 45.7 Å². The molecule has 1 aromatic heterocycles. The molecule has 1 unspecified atom stereocenters. The zero-order valence-corrected chi connectivity index (χ0v) is 16.7. The molecular weight excluding hydrogens is 362 g/mol. The van der Waals surface area contributed by atoms with Crippen LogP contribution in [0.2, 0.25) is 0 Å². The lowest BCUT2D eigenvalue weighted by Gasteiger charge is -2.28. The third-order valence-electron chi connectivity index (χ3n) is 4.76. The maximum atomic E-state index is 12.6. The van der Waals surface area contributed by atoms with Gasteiger partial charge in [0.25, 0.3) is 5.56 Å². The van der Waals surface area contributed by atoms with Gasteiger partial charge >= 0.3 is 0 Å². The maximum Gasteiger partial charge on any atom is 0.253 e. The molecule has 7 heteroatoms. The van der Waals surface area contributed by atoms with Crippen molar-refractivity contribution in [2.45, 2.75) is 32.4 Å². The molecule has 27 heavy (non-hydrogen) atoms. The topological polar surface area (TPSA) is 66.6 Å². The van der Waals surface area contributed by atoms with E-state index in [0.717, 1.165) is 35.9 Å². The van der Waals surface area contributed by atoms with E-state index in [0.29, 0.717) is 36.9 Å². The predicted octanol–water partition coefficient (Wildman–Crippen LogP) is 2.34. The zero-order valence-electron chi connectivity index (χ0n) is 15.9. The molecule has 3 rings (SSSR count). The minimum Gasteiger partial charge on any atom is -0.383 e. The van der Waals surface area contributed by atoms with Gasteiger partial charge in [0.15, 0.2) is 5.11 Å². The van der Waals surface area contributed by atoms with Gasteiger partial charge in [-0.2, -0.15) is 0 Å². The summed E-state index contributed by atoms with van der Waals surface area (Å²) in [5, 5.41) is 4.84. The Hall–Kier alpha value is -1.96. The molecule has 0 saturated carbocycles. The first-order chi connectivity index (χ1) is 13.1. The maximum absolute atomic E-state index is 12.6. The second kappa shape index (κ2) is 9.30. The van der Waals surface area contributed by atoms with Crippen molar-refractivity contribution in [2.75, 3.05) is 33.4 Å². The number of benzene rings is 1. The minimum absolute atomic E-state index is 0.0786. The van der Waals surface area contributed by atoms with E-state index < -0.39 is 0 Å². The number of thiocarbonyl (C=S) groups is 1. The summed E-state index contributed by atoms with van der Waals surface area (Å²) in [6.07, 6.45) is 2.23. The van der Waals surface area contributed by atoms with Crippen LogP contribution >= 0.6 is 12.2 Å². The fourth-order valence-corrected chi connectivity index (χ4v) is 3.55. The van der Waals surface area contributed by atoms with Gasteiger partial charge in [-0.15, -0.1) is 0 Å². The fourth-order valence-electron chi connectivity index (χ4n) is 3.31. The Morgan fingerprint density at radius 1 is 1.44 bits per heavy atom. The minimum atomic E-state index is -0.0786. The predicted molar refractivity (Wildman–Crippen MR) is 111 cm³/mol. The average Bonchev–Trinajstić information content (AvgIpc) is 3.15. The van der Waals surface area contributed by atoms with E-state index in [1.54, 1.807) is 7.11 Å². The van der Waals surface area contributed by atoms with Crippen molar-refractivity contribution in [1.82, 2.24) is 15.2 Å². The third-order valence-corrected chi connectivity index (χ3v) is 5.16. The van der Waals surface area contributed by atoms with Crippen LogP contribution in [0.5, 0.6) is 0 Å². The highest BCUT2D eigenvalue weighted by atomic mass is 32.1. The molecule has 0 amide bonds. The number of aryl methyl sites for hydroxylation is 1. The van der Waals surface area contributed by atoms with E-state index in [1.807, 2.05) is 36.1 Å². The van der Waals surface area contributed by atoms with Crippen molar-refractivity contribution in [3.8, 4) is 0 Å². The van der Waals surface area contributed by atoms with Crippen molar-refractivity contribution in [2.24, 2.45) is 0 Å². The molecule has 2 aromatic rings. The molecule has 0 spiro atoms. The van der Waals surface area contributed by atoms with E-state index in [1.165, 1.54) is 0 Å². The number of nitrogens with zero attached hydrogens (tertiary/aromatic N) is 1. The van der Waals surface area contributed by atoms with Crippen molar-refractivity contribution >= 4 is 28.2 Å². The summed E-state index contributed by atoms with van der Waals surface area (Å²) in [4.78, 5) is 17.6. The lowest BCUT2D eigenvalue weighted by Crippen LogP contribution is -2.44. The lowest BCUT2D eigenvalue weighted by molar-refractivity contribution is 0.0895. The van der Waals surface area contributed by atoms with Gasteiger partial charge in [0.05, 0.1) is 19.3 Å². The highest BCUT2D eigenvalue weighted by molar-refractivity contribution is 7.80. The molecule has 1 saturated heterocycles. The summed E-state index contributed by atoms with van der Waals surface area (Å²) in [6, 6.07) is 8.02. The molecule has 1 aliphatic rings. The van der Waals surface area contributed by atoms with Crippen LogP contribution in [0.4, 0.5) is 0 Å². The van der Waals surface area contributed by atoms with Crippen LogP contribution in [0.25, 0.3) is 10.9 Å². The number of pyridine rings is 1. The molecule has 1 atom stereocenters. The molecule has 146 valence electrons. The number of aromatic amines is 1. The number of aromatic nitrogens is 1. The van der Waals surface area contributed by atoms with E-state index in [-0.39, 0.29) is 11.7 Å². The number of nitrogens with one attached hydrogen (secondary N) is 2. The fraction of sp³-hybridized carbons (Fsp3) is 0.500. The Labute approximate surface area is 164 Å². The highest BCUT2D eigenvalue weighted by Crippen LogP contribution is 2.17. The number of hydrogen-bond acceptors (Lipinski definition) is 4. The average molecular weight is 390 g/mol. The Balaban J connectivity index is 1.80. The van der Waals surface area contributed by atoms with Gasteiger partial charge < -0.3 is 24.7 Å². The first-order valence-corrected chi connectivity index (χ1v) is 9.73. The summed E-state index contributed by atoms with van der Waals surface area (Å²) in [7, 11) is 1.66. The molecule has 1 fully saturated rings. The number of hydrogen-bond donors (Lipinski definition) is 2. The zero-order chi connectivity index (χ0) is 19.2. The van der Waals surface area contributed by atoms with Crippen LogP contribution in [0.3, 0.4) is 0 Å². The Bertz CT molecular complexity index is 846. The standard InChI is InChI=1S/C20H27N3O3S/c1-14-5-6-15-11-16(19(24)22-18(15)10-14)12-23(13-17-4-3-8-26-17)20(27)21-7-9-25-2/h5-6,10-11,17H,3-4,7-9,12-13H2,1-2H3,(H,21,27)(H,22,24). The molecule has 0 aliphatic carbocycles. The molecule has 2 heterocycles. The van der Waals surface area contributed by atoms with Gasteiger partial charge in [0, 0.05) is 37.9 Å².